The van der Waals surface area contributed by atoms with Gasteiger partial charge in [-0.2, -0.15) is 0 Å². The third-order valence-corrected chi connectivity index (χ3v) is 5.45. The first-order chi connectivity index (χ1) is 11.6. The van der Waals surface area contributed by atoms with Crippen LogP contribution in [0, 0.1) is 11.8 Å². The molecule has 1 aromatic carbocycles. The lowest BCUT2D eigenvalue weighted by Gasteiger charge is -2.28. The fourth-order valence-corrected chi connectivity index (χ4v) is 4.16. The summed E-state index contributed by atoms with van der Waals surface area (Å²) in [7, 11) is 0. The third-order valence-electron chi connectivity index (χ3n) is 5.45. The Morgan fingerprint density at radius 3 is 2.67 bits per heavy atom. The summed E-state index contributed by atoms with van der Waals surface area (Å²) in [6.45, 7) is 0.983. The maximum atomic E-state index is 12.9. The minimum Gasteiger partial charge on any atom is -0.481 e. The fourth-order valence-electron chi connectivity index (χ4n) is 4.16. The van der Waals surface area contributed by atoms with E-state index in [2.05, 4.69) is 0 Å². The van der Waals surface area contributed by atoms with Crippen LogP contribution in [-0.4, -0.2) is 35.2 Å². The quantitative estimate of drug-likeness (QED) is 0.921. The molecule has 6 nitrogen and oxygen atoms in total. The average molecular weight is 331 g/mol. The molecule has 0 bridgehead atoms. The number of ether oxygens (including phenoxy) is 2. The average Bonchev–Trinajstić information content (AvgIpc) is 3.31. The maximum absolute atomic E-state index is 12.9. The van der Waals surface area contributed by atoms with Gasteiger partial charge in [0.25, 0.3) is 0 Å². The number of benzene rings is 1. The van der Waals surface area contributed by atoms with Gasteiger partial charge in [-0.05, 0) is 49.8 Å². The van der Waals surface area contributed by atoms with Gasteiger partial charge < -0.3 is 19.5 Å². The van der Waals surface area contributed by atoms with Gasteiger partial charge in [0.05, 0.1) is 12.0 Å². The molecule has 2 fully saturated rings. The normalized spacial score (nSPS) is 28.3. The molecule has 1 amide bonds. The summed E-state index contributed by atoms with van der Waals surface area (Å²) < 4.78 is 10.8. The zero-order valence-electron chi connectivity index (χ0n) is 13.4. The van der Waals surface area contributed by atoms with Gasteiger partial charge in [0.1, 0.15) is 0 Å². The van der Waals surface area contributed by atoms with Crippen molar-refractivity contribution in [2.24, 2.45) is 11.8 Å². The number of carboxylic acids is 1. The molecule has 24 heavy (non-hydrogen) atoms. The topological polar surface area (TPSA) is 76.1 Å². The summed E-state index contributed by atoms with van der Waals surface area (Å²) in [5.74, 6) is 0.289. The Balaban J connectivity index is 1.51. The van der Waals surface area contributed by atoms with Gasteiger partial charge in [0.2, 0.25) is 12.7 Å². The predicted molar refractivity (Wildman–Crippen MR) is 84.7 cm³/mol. The first-order valence-electron chi connectivity index (χ1n) is 8.56. The van der Waals surface area contributed by atoms with Crippen LogP contribution in [0.1, 0.15) is 43.7 Å². The van der Waals surface area contributed by atoms with E-state index >= 15 is 0 Å². The van der Waals surface area contributed by atoms with Crippen LogP contribution in [0.15, 0.2) is 18.2 Å². The lowest BCUT2D eigenvalue weighted by Crippen LogP contribution is -2.35. The Kier molecular flexibility index (Phi) is 3.82. The van der Waals surface area contributed by atoms with E-state index in [0.717, 1.165) is 36.4 Å². The van der Waals surface area contributed by atoms with E-state index in [1.807, 2.05) is 23.1 Å². The van der Waals surface area contributed by atoms with Crippen LogP contribution >= 0.6 is 0 Å². The number of carbonyl (C=O) groups excluding carboxylic acids is 1. The monoisotopic (exact) mass is 331 g/mol. The first-order valence-corrected chi connectivity index (χ1v) is 8.56. The van der Waals surface area contributed by atoms with E-state index < -0.39 is 5.97 Å². The van der Waals surface area contributed by atoms with Gasteiger partial charge in [-0.15, -0.1) is 0 Å². The Hall–Kier alpha value is -2.24. The Morgan fingerprint density at radius 1 is 1.08 bits per heavy atom. The minimum atomic E-state index is -0.779. The smallest absolute Gasteiger partial charge is 0.306 e. The van der Waals surface area contributed by atoms with Crippen molar-refractivity contribution in [1.29, 1.82) is 0 Å². The van der Waals surface area contributed by atoms with Crippen molar-refractivity contribution in [3.05, 3.63) is 23.8 Å². The largest absolute Gasteiger partial charge is 0.481 e. The molecular formula is C18H21NO5. The number of hydrogen-bond acceptors (Lipinski definition) is 4. The molecule has 2 aliphatic heterocycles. The zero-order chi connectivity index (χ0) is 16.7. The summed E-state index contributed by atoms with van der Waals surface area (Å²) in [6.07, 6.45) is 3.66. The molecule has 1 aliphatic carbocycles. The molecule has 1 N–H and O–H groups in total. The lowest BCUT2D eigenvalue weighted by molar-refractivity contribution is -0.141. The van der Waals surface area contributed by atoms with Crippen molar-refractivity contribution in [2.75, 3.05) is 13.3 Å². The second-order valence-corrected chi connectivity index (χ2v) is 6.85. The SMILES string of the molecule is O=C(O)[C@@H]1CC[C@H](C(=O)N2CCCC2c2ccc3c(c2)OCO3)C1. The molecule has 1 aromatic rings. The number of amides is 1. The highest BCUT2D eigenvalue weighted by Gasteiger charge is 2.39. The number of carbonyl (C=O) groups is 2. The molecule has 0 spiro atoms. The molecule has 2 heterocycles. The molecular weight excluding hydrogens is 310 g/mol. The maximum Gasteiger partial charge on any atom is 0.306 e. The van der Waals surface area contributed by atoms with Crippen LogP contribution in [-0.2, 0) is 9.59 Å². The number of carboxylic acid groups (broad SMARTS) is 1. The summed E-state index contributed by atoms with van der Waals surface area (Å²) in [5.41, 5.74) is 1.07. The summed E-state index contributed by atoms with van der Waals surface area (Å²) in [4.78, 5) is 26.0. The molecule has 1 unspecified atom stereocenters. The van der Waals surface area contributed by atoms with Crippen LogP contribution in [0.4, 0.5) is 0 Å². The summed E-state index contributed by atoms with van der Waals surface area (Å²) in [5, 5.41) is 9.15. The van der Waals surface area contributed by atoms with Gasteiger partial charge in [-0.3, -0.25) is 9.59 Å². The fraction of sp³-hybridized carbons (Fsp3) is 0.556. The van der Waals surface area contributed by atoms with Gasteiger partial charge in [0.15, 0.2) is 11.5 Å². The second kappa shape index (κ2) is 6.00. The molecule has 3 atom stereocenters. The number of likely N-dealkylation sites (tertiary alicyclic amines) is 1. The van der Waals surface area contributed by atoms with E-state index in [0.29, 0.717) is 19.3 Å². The van der Waals surface area contributed by atoms with Crippen molar-refractivity contribution in [3.8, 4) is 11.5 Å². The van der Waals surface area contributed by atoms with Gasteiger partial charge in [-0.25, -0.2) is 0 Å². The lowest BCUT2D eigenvalue weighted by atomic mass is 10.0. The highest BCUT2D eigenvalue weighted by atomic mass is 16.7. The van der Waals surface area contributed by atoms with Gasteiger partial charge in [0, 0.05) is 12.5 Å². The molecule has 0 aromatic heterocycles. The molecule has 4 rings (SSSR count). The Labute approximate surface area is 140 Å². The number of hydrogen-bond donors (Lipinski definition) is 1. The molecule has 0 radical (unpaired) electrons. The van der Waals surface area contributed by atoms with Crippen LogP contribution in [0.5, 0.6) is 11.5 Å². The Morgan fingerprint density at radius 2 is 1.88 bits per heavy atom. The van der Waals surface area contributed by atoms with Gasteiger partial charge >= 0.3 is 5.97 Å². The van der Waals surface area contributed by atoms with Crippen LogP contribution < -0.4 is 9.47 Å². The number of nitrogens with zero attached hydrogens (tertiary/aromatic N) is 1. The van der Waals surface area contributed by atoms with E-state index in [-0.39, 0.29) is 30.6 Å². The molecule has 1 saturated heterocycles. The summed E-state index contributed by atoms with van der Waals surface area (Å²) >= 11 is 0. The molecule has 1 saturated carbocycles. The highest BCUT2D eigenvalue weighted by Crippen LogP contribution is 2.41. The number of rotatable bonds is 3. The van der Waals surface area contributed by atoms with Crippen molar-refractivity contribution in [3.63, 3.8) is 0 Å². The standard InChI is InChI=1S/C18H21NO5/c20-17(12-3-4-13(8-12)18(21)22)19-7-1-2-14(19)11-5-6-15-16(9-11)24-10-23-15/h5-6,9,12-14H,1-4,7-8,10H2,(H,21,22)/t12-,13+,14?/m0/s1. The van der Waals surface area contributed by atoms with Crippen molar-refractivity contribution in [1.82, 2.24) is 4.90 Å². The predicted octanol–water partition coefficient (Wildman–Crippen LogP) is 2.58. The third kappa shape index (κ3) is 2.60. The molecule has 3 aliphatic rings. The first kappa shape index (κ1) is 15.3. The van der Waals surface area contributed by atoms with Crippen molar-refractivity contribution >= 4 is 11.9 Å². The van der Waals surface area contributed by atoms with E-state index in [1.54, 1.807) is 0 Å². The van der Waals surface area contributed by atoms with Gasteiger partial charge in [-0.1, -0.05) is 6.07 Å². The van der Waals surface area contributed by atoms with E-state index in [4.69, 9.17) is 14.6 Å². The van der Waals surface area contributed by atoms with Crippen LogP contribution in [0.2, 0.25) is 0 Å². The molecule has 128 valence electrons. The summed E-state index contributed by atoms with van der Waals surface area (Å²) in [6, 6.07) is 5.91. The zero-order valence-corrected chi connectivity index (χ0v) is 13.4. The molecule has 6 heteroatoms. The van der Waals surface area contributed by atoms with E-state index in [1.165, 1.54) is 0 Å². The van der Waals surface area contributed by atoms with Crippen LogP contribution in [0.3, 0.4) is 0 Å². The number of fused-ring (bicyclic) bond motifs is 1. The highest BCUT2D eigenvalue weighted by molar-refractivity contribution is 5.81. The number of aliphatic carboxylic acids is 1. The second-order valence-electron chi connectivity index (χ2n) is 6.85. The van der Waals surface area contributed by atoms with E-state index in [9.17, 15) is 9.59 Å². The van der Waals surface area contributed by atoms with Crippen molar-refractivity contribution in [2.45, 2.75) is 38.1 Å². The Bertz CT molecular complexity index is 673. The van der Waals surface area contributed by atoms with Crippen molar-refractivity contribution < 1.29 is 24.2 Å². The minimum absolute atomic E-state index is 0.0517. The van der Waals surface area contributed by atoms with Crippen LogP contribution in [0.25, 0.3) is 0 Å².